The third kappa shape index (κ3) is 3.46. The van der Waals surface area contributed by atoms with Crippen molar-refractivity contribution in [2.45, 2.75) is 40.2 Å². The van der Waals surface area contributed by atoms with E-state index in [9.17, 15) is 4.79 Å². The van der Waals surface area contributed by atoms with Crippen molar-refractivity contribution < 1.29 is 14.3 Å². The van der Waals surface area contributed by atoms with E-state index in [1.165, 1.54) is 0 Å². The number of hydrogen-bond acceptors (Lipinski definition) is 4. The first kappa shape index (κ1) is 15.4. The summed E-state index contributed by atoms with van der Waals surface area (Å²) < 4.78 is 10.4. The molecule has 0 bridgehead atoms. The van der Waals surface area contributed by atoms with Crippen molar-refractivity contribution >= 4 is 5.97 Å². The minimum Gasteiger partial charge on any atom is -0.466 e. The van der Waals surface area contributed by atoms with Crippen LogP contribution >= 0.6 is 0 Å². The number of nitrogens with two attached hydrogens (primary N) is 1. The predicted molar refractivity (Wildman–Crippen MR) is 64.0 cm³/mol. The van der Waals surface area contributed by atoms with Crippen LogP contribution in [0.25, 0.3) is 0 Å². The first-order valence-corrected chi connectivity index (χ1v) is 5.84. The van der Waals surface area contributed by atoms with Crippen LogP contribution in [0.3, 0.4) is 0 Å². The van der Waals surface area contributed by atoms with Crippen molar-refractivity contribution in [2.24, 2.45) is 17.1 Å². The second-order valence-corrected chi connectivity index (χ2v) is 4.49. The second-order valence-electron chi connectivity index (χ2n) is 4.49. The van der Waals surface area contributed by atoms with Gasteiger partial charge in [-0.2, -0.15) is 0 Å². The Kier molecular flexibility index (Phi) is 6.60. The van der Waals surface area contributed by atoms with Crippen molar-refractivity contribution in [1.29, 1.82) is 0 Å². The van der Waals surface area contributed by atoms with Gasteiger partial charge in [0.15, 0.2) is 0 Å². The molecule has 0 rings (SSSR count). The molecular formula is C12H25NO3. The van der Waals surface area contributed by atoms with Gasteiger partial charge in [-0.15, -0.1) is 0 Å². The van der Waals surface area contributed by atoms with Gasteiger partial charge in [0.2, 0.25) is 0 Å². The fraction of sp³-hybridized carbons (Fsp3) is 0.917. The Morgan fingerprint density at radius 2 is 1.94 bits per heavy atom. The predicted octanol–water partition coefficient (Wildman–Crippen LogP) is 1.58. The third-order valence-corrected chi connectivity index (χ3v) is 3.21. The van der Waals surface area contributed by atoms with Gasteiger partial charge >= 0.3 is 5.97 Å². The average molecular weight is 231 g/mol. The summed E-state index contributed by atoms with van der Waals surface area (Å²) in [5.41, 5.74) is 5.15. The lowest BCUT2D eigenvalue weighted by atomic mass is 9.73. The standard InChI is InChI=1S/C12H25NO3/c1-6-16-11(14)12(8-13,9(2)3)7-10(4)15-5/h9-10H,6-8,13H2,1-5H3. The molecule has 2 N–H and O–H groups in total. The van der Waals surface area contributed by atoms with Crippen molar-refractivity contribution in [1.82, 2.24) is 0 Å². The smallest absolute Gasteiger partial charge is 0.313 e. The summed E-state index contributed by atoms with van der Waals surface area (Å²) in [6, 6.07) is 0. The number of ether oxygens (including phenoxy) is 2. The van der Waals surface area contributed by atoms with E-state index in [2.05, 4.69) is 0 Å². The minimum atomic E-state index is -0.633. The molecular weight excluding hydrogens is 206 g/mol. The largest absolute Gasteiger partial charge is 0.466 e. The van der Waals surface area contributed by atoms with E-state index in [0.29, 0.717) is 13.0 Å². The quantitative estimate of drug-likeness (QED) is 0.676. The molecule has 2 unspecified atom stereocenters. The van der Waals surface area contributed by atoms with Crippen LogP contribution in [0.2, 0.25) is 0 Å². The number of hydrogen-bond donors (Lipinski definition) is 1. The van der Waals surface area contributed by atoms with Gasteiger partial charge < -0.3 is 15.2 Å². The van der Waals surface area contributed by atoms with Crippen LogP contribution in [0.4, 0.5) is 0 Å². The monoisotopic (exact) mass is 231 g/mol. The number of rotatable bonds is 7. The molecule has 16 heavy (non-hydrogen) atoms. The lowest BCUT2D eigenvalue weighted by Gasteiger charge is -2.35. The van der Waals surface area contributed by atoms with Crippen molar-refractivity contribution in [2.75, 3.05) is 20.3 Å². The van der Waals surface area contributed by atoms with Gasteiger partial charge in [0.1, 0.15) is 0 Å². The Labute approximate surface area is 98.5 Å². The molecule has 0 heterocycles. The van der Waals surface area contributed by atoms with Crippen LogP contribution in [0.15, 0.2) is 0 Å². The number of methoxy groups -OCH3 is 1. The third-order valence-electron chi connectivity index (χ3n) is 3.21. The maximum atomic E-state index is 12.0. The van der Waals surface area contributed by atoms with E-state index in [4.69, 9.17) is 15.2 Å². The van der Waals surface area contributed by atoms with Gasteiger partial charge in [0.25, 0.3) is 0 Å². The molecule has 2 atom stereocenters. The van der Waals surface area contributed by atoms with Crippen LogP contribution in [0.5, 0.6) is 0 Å². The van der Waals surface area contributed by atoms with Crippen LogP contribution in [-0.4, -0.2) is 32.3 Å². The molecule has 96 valence electrons. The van der Waals surface area contributed by atoms with E-state index < -0.39 is 5.41 Å². The zero-order valence-corrected chi connectivity index (χ0v) is 11.1. The van der Waals surface area contributed by atoms with E-state index in [-0.39, 0.29) is 24.5 Å². The zero-order valence-electron chi connectivity index (χ0n) is 11.1. The topological polar surface area (TPSA) is 61.5 Å². The Hall–Kier alpha value is -0.610. The number of esters is 1. The molecule has 4 nitrogen and oxygen atoms in total. The van der Waals surface area contributed by atoms with Crippen molar-refractivity contribution in [3.8, 4) is 0 Å². The van der Waals surface area contributed by atoms with Gasteiger partial charge in [0, 0.05) is 13.7 Å². The van der Waals surface area contributed by atoms with E-state index >= 15 is 0 Å². The maximum Gasteiger partial charge on any atom is 0.313 e. The van der Waals surface area contributed by atoms with Gasteiger partial charge in [-0.05, 0) is 26.2 Å². The van der Waals surface area contributed by atoms with E-state index in [1.807, 2.05) is 20.8 Å². The molecule has 0 aromatic rings. The lowest BCUT2D eigenvalue weighted by molar-refractivity contribution is -0.160. The van der Waals surface area contributed by atoms with E-state index in [0.717, 1.165) is 0 Å². The first-order valence-electron chi connectivity index (χ1n) is 5.84. The summed E-state index contributed by atoms with van der Waals surface area (Å²) in [4.78, 5) is 12.0. The SMILES string of the molecule is CCOC(=O)C(CN)(CC(C)OC)C(C)C. The highest BCUT2D eigenvalue weighted by Crippen LogP contribution is 2.34. The van der Waals surface area contributed by atoms with Crippen molar-refractivity contribution in [3.05, 3.63) is 0 Å². The molecule has 0 aromatic carbocycles. The summed E-state index contributed by atoms with van der Waals surface area (Å²) in [5.74, 6) is -0.0782. The fourth-order valence-electron chi connectivity index (χ4n) is 1.83. The van der Waals surface area contributed by atoms with Gasteiger partial charge in [-0.3, -0.25) is 4.79 Å². The molecule has 0 spiro atoms. The molecule has 0 aliphatic carbocycles. The Bertz CT molecular complexity index is 218. The molecule has 0 radical (unpaired) electrons. The highest BCUT2D eigenvalue weighted by Gasteiger charge is 2.42. The molecule has 0 saturated heterocycles. The molecule has 0 saturated carbocycles. The lowest BCUT2D eigenvalue weighted by Crippen LogP contribution is -2.46. The maximum absolute atomic E-state index is 12.0. The van der Waals surface area contributed by atoms with Gasteiger partial charge in [-0.25, -0.2) is 0 Å². The van der Waals surface area contributed by atoms with Crippen molar-refractivity contribution in [3.63, 3.8) is 0 Å². The molecule has 0 aliphatic heterocycles. The molecule has 4 heteroatoms. The summed E-state index contributed by atoms with van der Waals surface area (Å²) in [7, 11) is 1.64. The van der Waals surface area contributed by atoms with Gasteiger partial charge in [0.05, 0.1) is 18.1 Å². The molecule has 0 amide bonds. The van der Waals surface area contributed by atoms with Gasteiger partial charge in [-0.1, -0.05) is 13.8 Å². The normalized spacial score (nSPS) is 16.9. The summed E-state index contributed by atoms with van der Waals surface area (Å²) in [6.45, 7) is 8.40. The van der Waals surface area contributed by atoms with Crippen LogP contribution in [0, 0.1) is 11.3 Å². The molecule has 0 fully saturated rings. The van der Waals surface area contributed by atoms with Crippen LogP contribution in [-0.2, 0) is 14.3 Å². The highest BCUT2D eigenvalue weighted by atomic mass is 16.5. The summed E-state index contributed by atoms with van der Waals surface area (Å²) >= 11 is 0. The fourth-order valence-corrected chi connectivity index (χ4v) is 1.83. The Morgan fingerprint density at radius 3 is 2.25 bits per heavy atom. The summed E-state index contributed by atoms with van der Waals surface area (Å²) in [6.07, 6.45) is 0.589. The highest BCUT2D eigenvalue weighted by molar-refractivity contribution is 5.77. The second kappa shape index (κ2) is 6.86. The summed E-state index contributed by atoms with van der Waals surface area (Å²) in [5, 5.41) is 0. The van der Waals surface area contributed by atoms with Crippen LogP contribution < -0.4 is 5.73 Å². The zero-order chi connectivity index (χ0) is 12.8. The van der Waals surface area contributed by atoms with Crippen LogP contribution in [0.1, 0.15) is 34.1 Å². The molecule has 0 aromatic heterocycles. The average Bonchev–Trinajstić information content (AvgIpc) is 2.25. The minimum absolute atomic E-state index is 0.00430. The first-order chi connectivity index (χ1) is 7.44. The molecule has 0 aliphatic rings. The Morgan fingerprint density at radius 1 is 1.38 bits per heavy atom. The Balaban J connectivity index is 4.91. The number of carbonyl (C=O) groups excluding carboxylic acids is 1. The van der Waals surface area contributed by atoms with E-state index in [1.54, 1.807) is 14.0 Å². The number of carbonyl (C=O) groups is 1.